The molecule has 0 aliphatic heterocycles. The molecule has 1 unspecified atom stereocenters. The standard InChI is InChI=1S/C19H21FN2O/c20-17-10-6-14(7-11-17)12-13-21-19(23)22-18(16-8-9-16)15-4-2-1-3-5-15/h1-7,10-11,16,18H,8-9,12-13H2,(H2,21,22,23). The minimum atomic E-state index is -0.241. The maximum Gasteiger partial charge on any atom is 0.315 e. The van der Waals surface area contributed by atoms with Crippen LogP contribution in [0.25, 0.3) is 0 Å². The number of hydrogen-bond donors (Lipinski definition) is 2. The normalized spacial score (nSPS) is 15.0. The van der Waals surface area contributed by atoms with Gasteiger partial charge in [0.2, 0.25) is 0 Å². The summed E-state index contributed by atoms with van der Waals surface area (Å²) >= 11 is 0. The summed E-state index contributed by atoms with van der Waals surface area (Å²) in [4.78, 5) is 12.1. The highest BCUT2D eigenvalue weighted by Gasteiger charge is 2.33. The summed E-state index contributed by atoms with van der Waals surface area (Å²) in [6, 6.07) is 16.4. The van der Waals surface area contributed by atoms with E-state index in [2.05, 4.69) is 22.8 Å². The van der Waals surface area contributed by atoms with Crippen LogP contribution >= 0.6 is 0 Å². The van der Waals surface area contributed by atoms with Crippen molar-refractivity contribution < 1.29 is 9.18 Å². The van der Waals surface area contributed by atoms with Crippen molar-refractivity contribution in [1.29, 1.82) is 0 Å². The molecule has 0 spiro atoms. The number of halogens is 1. The fraction of sp³-hybridized carbons (Fsp3) is 0.316. The zero-order valence-corrected chi connectivity index (χ0v) is 13.0. The fourth-order valence-corrected chi connectivity index (χ4v) is 2.73. The fourth-order valence-electron chi connectivity index (χ4n) is 2.73. The third-order valence-electron chi connectivity index (χ3n) is 4.15. The molecule has 2 amide bonds. The van der Waals surface area contributed by atoms with Crippen molar-refractivity contribution in [3.63, 3.8) is 0 Å². The van der Waals surface area contributed by atoms with Gasteiger partial charge in [0, 0.05) is 6.54 Å². The molecule has 1 aliphatic carbocycles. The molecule has 2 aromatic carbocycles. The molecule has 0 saturated heterocycles. The molecule has 1 fully saturated rings. The molecule has 23 heavy (non-hydrogen) atoms. The second-order valence-corrected chi connectivity index (χ2v) is 6.00. The molecule has 120 valence electrons. The van der Waals surface area contributed by atoms with Gasteiger partial charge >= 0.3 is 6.03 Å². The van der Waals surface area contributed by atoms with Gasteiger partial charge in [0.25, 0.3) is 0 Å². The second-order valence-electron chi connectivity index (χ2n) is 6.00. The number of nitrogens with one attached hydrogen (secondary N) is 2. The Labute approximate surface area is 135 Å². The maximum atomic E-state index is 12.8. The Morgan fingerprint density at radius 2 is 1.78 bits per heavy atom. The van der Waals surface area contributed by atoms with E-state index in [0.29, 0.717) is 18.9 Å². The van der Waals surface area contributed by atoms with E-state index in [1.54, 1.807) is 12.1 Å². The molecule has 2 aromatic rings. The lowest BCUT2D eigenvalue weighted by atomic mass is 10.0. The summed E-state index contributed by atoms with van der Waals surface area (Å²) in [6.07, 6.45) is 3.01. The van der Waals surface area contributed by atoms with Crippen molar-refractivity contribution in [2.45, 2.75) is 25.3 Å². The third-order valence-corrected chi connectivity index (χ3v) is 4.15. The molecular weight excluding hydrogens is 291 g/mol. The summed E-state index contributed by atoms with van der Waals surface area (Å²) < 4.78 is 12.8. The molecule has 0 radical (unpaired) electrons. The van der Waals surface area contributed by atoms with Crippen LogP contribution < -0.4 is 10.6 Å². The van der Waals surface area contributed by atoms with E-state index in [1.165, 1.54) is 12.1 Å². The van der Waals surface area contributed by atoms with Gasteiger partial charge in [-0.25, -0.2) is 9.18 Å². The number of carbonyl (C=O) groups is 1. The molecule has 1 saturated carbocycles. The van der Waals surface area contributed by atoms with E-state index in [4.69, 9.17) is 0 Å². The smallest absolute Gasteiger partial charge is 0.315 e. The summed E-state index contributed by atoms with van der Waals surface area (Å²) in [7, 11) is 0. The molecule has 3 rings (SSSR count). The van der Waals surface area contributed by atoms with Crippen molar-refractivity contribution in [3.8, 4) is 0 Å². The second kappa shape index (κ2) is 7.27. The van der Waals surface area contributed by atoms with E-state index in [-0.39, 0.29) is 17.9 Å². The van der Waals surface area contributed by atoms with Gasteiger partial charge in [-0.15, -0.1) is 0 Å². The summed E-state index contributed by atoms with van der Waals surface area (Å²) in [5.74, 6) is 0.301. The van der Waals surface area contributed by atoms with Crippen molar-refractivity contribution in [2.75, 3.05) is 6.54 Å². The Balaban J connectivity index is 1.49. The highest BCUT2D eigenvalue weighted by Crippen LogP contribution is 2.40. The van der Waals surface area contributed by atoms with E-state index in [9.17, 15) is 9.18 Å². The summed E-state index contributed by atoms with van der Waals surface area (Å²) in [6.45, 7) is 0.531. The Hall–Kier alpha value is -2.36. The zero-order chi connectivity index (χ0) is 16.1. The monoisotopic (exact) mass is 312 g/mol. The van der Waals surface area contributed by atoms with Crippen LogP contribution in [0.2, 0.25) is 0 Å². The highest BCUT2D eigenvalue weighted by atomic mass is 19.1. The third kappa shape index (κ3) is 4.55. The minimum Gasteiger partial charge on any atom is -0.338 e. The number of carbonyl (C=O) groups excluding carboxylic acids is 1. The van der Waals surface area contributed by atoms with Crippen LogP contribution in [0.1, 0.15) is 30.0 Å². The summed E-state index contributed by atoms with van der Waals surface area (Å²) in [5.41, 5.74) is 2.16. The van der Waals surface area contributed by atoms with Crippen molar-refractivity contribution >= 4 is 6.03 Å². The van der Waals surface area contributed by atoms with E-state index < -0.39 is 0 Å². The minimum absolute atomic E-state index is 0.0852. The predicted octanol–water partition coefficient (Wildman–Crippen LogP) is 3.82. The maximum absolute atomic E-state index is 12.8. The van der Waals surface area contributed by atoms with Gasteiger partial charge in [-0.3, -0.25) is 0 Å². The Kier molecular flexibility index (Phi) is 4.91. The quantitative estimate of drug-likeness (QED) is 0.836. The van der Waals surface area contributed by atoms with Crippen LogP contribution in [0.15, 0.2) is 54.6 Å². The number of rotatable bonds is 6. The van der Waals surface area contributed by atoms with Gasteiger partial charge in [0.05, 0.1) is 6.04 Å². The van der Waals surface area contributed by atoms with Crippen LogP contribution in [-0.4, -0.2) is 12.6 Å². The molecule has 1 aliphatic rings. The van der Waals surface area contributed by atoms with Crippen LogP contribution in [0.5, 0.6) is 0 Å². The predicted molar refractivity (Wildman–Crippen MR) is 88.5 cm³/mol. The SMILES string of the molecule is O=C(NCCc1ccc(F)cc1)NC(c1ccccc1)C1CC1. The lowest BCUT2D eigenvalue weighted by molar-refractivity contribution is 0.235. The average Bonchev–Trinajstić information content (AvgIpc) is 3.40. The summed E-state index contributed by atoms with van der Waals surface area (Å²) in [5, 5.41) is 5.97. The molecule has 0 aromatic heterocycles. The lowest BCUT2D eigenvalue weighted by Crippen LogP contribution is -2.39. The van der Waals surface area contributed by atoms with Gasteiger partial charge in [-0.05, 0) is 48.4 Å². The largest absolute Gasteiger partial charge is 0.338 e. The van der Waals surface area contributed by atoms with Crippen molar-refractivity contribution in [1.82, 2.24) is 10.6 Å². The zero-order valence-electron chi connectivity index (χ0n) is 13.0. The first kappa shape index (κ1) is 15.5. The van der Waals surface area contributed by atoms with E-state index in [1.807, 2.05) is 18.2 Å². The Morgan fingerprint density at radius 3 is 2.43 bits per heavy atom. The van der Waals surface area contributed by atoms with Crippen molar-refractivity contribution in [3.05, 3.63) is 71.5 Å². The first-order valence-corrected chi connectivity index (χ1v) is 8.06. The number of urea groups is 1. The molecule has 2 N–H and O–H groups in total. The Bertz CT molecular complexity index is 638. The van der Waals surface area contributed by atoms with Gasteiger partial charge in [-0.1, -0.05) is 42.5 Å². The topological polar surface area (TPSA) is 41.1 Å². The van der Waals surface area contributed by atoms with Gasteiger partial charge < -0.3 is 10.6 Å². The van der Waals surface area contributed by atoms with Crippen LogP contribution in [0.3, 0.4) is 0 Å². The molecule has 4 heteroatoms. The molecular formula is C19H21FN2O. The average molecular weight is 312 g/mol. The number of hydrogen-bond acceptors (Lipinski definition) is 1. The van der Waals surface area contributed by atoms with Gasteiger partial charge in [-0.2, -0.15) is 0 Å². The molecule has 0 heterocycles. The number of benzene rings is 2. The van der Waals surface area contributed by atoms with E-state index >= 15 is 0 Å². The van der Waals surface area contributed by atoms with E-state index in [0.717, 1.165) is 24.0 Å². The van der Waals surface area contributed by atoms with Crippen LogP contribution in [0, 0.1) is 11.7 Å². The first-order valence-electron chi connectivity index (χ1n) is 8.06. The number of amides is 2. The Morgan fingerprint density at radius 1 is 1.09 bits per heavy atom. The van der Waals surface area contributed by atoms with Gasteiger partial charge in [0.15, 0.2) is 0 Å². The van der Waals surface area contributed by atoms with Crippen LogP contribution in [-0.2, 0) is 6.42 Å². The lowest BCUT2D eigenvalue weighted by Gasteiger charge is -2.19. The first-order chi connectivity index (χ1) is 11.2. The molecule has 1 atom stereocenters. The van der Waals surface area contributed by atoms with Crippen LogP contribution in [0.4, 0.5) is 9.18 Å². The van der Waals surface area contributed by atoms with Crippen molar-refractivity contribution in [2.24, 2.45) is 5.92 Å². The van der Waals surface area contributed by atoms with Gasteiger partial charge in [0.1, 0.15) is 5.82 Å². The highest BCUT2D eigenvalue weighted by molar-refractivity contribution is 5.74. The molecule has 0 bridgehead atoms. The molecule has 3 nitrogen and oxygen atoms in total.